The van der Waals surface area contributed by atoms with E-state index in [1.54, 1.807) is 6.07 Å². The summed E-state index contributed by atoms with van der Waals surface area (Å²) in [4.78, 5) is 29.0. The maximum atomic E-state index is 12.3. The molecule has 0 aliphatic heterocycles. The SMILES string of the molecule is CCNC(=O)c1cc(NC(=O)C2CC=CC2)nc2ccccc12. The second-order valence-corrected chi connectivity index (χ2v) is 5.56. The van der Waals surface area contributed by atoms with Crippen LogP contribution in [0.3, 0.4) is 0 Å². The topological polar surface area (TPSA) is 71.1 Å². The Morgan fingerprint density at radius 3 is 2.70 bits per heavy atom. The fourth-order valence-corrected chi connectivity index (χ4v) is 2.74. The summed E-state index contributed by atoms with van der Waals surface area (Å²) in [6.07, 6.45) is 5.53. The number of hydrogen-bond acceptors (Lipinski definition) is 3. The van der Waals surface area contributed by atoms with Crippen LogP contribution in [0.15, 0.2) is 42.5 Å². The number of benzene rings is 1. The van der Waals surface area contributed by atoms with Crippen LogP contribution in [0.1, 0.15) is 30.1 Å². The van der Waals surface area contributed by atoms with Gasteiger partial charge in [-0.1, -0.05) is 30.4 Å². The number of amides is 2. The molecular weight excluding hydrogens is 290 g/mol. The van der Waals surface area contributed by atoms with Crippen LogP contribution in [-0.4, -0.2) is 23.3 Å². The number of nitrogens with zero attached hydrogens (tertiary/aromatic N) is 1. The van der Waals surface area contributed by atoms with Crippen LogP contribution in [0.4, 0.5) is 5.82 Å². The molecule has 3 rings (SSSR count). The van der Waals surface area contributed by atoms with Crippen molar-refractivity contribution in [3.05, 3.63) is 48.0 Å². The Labute approximate surface area is 134 Å². The van der Waals surface area contributed by atoms with E-state index < -0.39 is 0 Å². The van der Waals surface area contributed by atoms with Crippen LogP contribution in [0.5, 0.6) is 0 Å². The lowest BCUT2D eigenvalue weighted by Crippen LogP contribution is -2.24. The number of anilines is 1. The molecular formula is C18H19N3O2. The largest absolute Gasteiger partial charge is 0.352 e. The molecule has 0 unspecified atom stereocenters. The van der Waals surface area contributed by atoms with Gasteiger partial charge in [-0.2, -0.15) is 0 Å². The number of carbonyl (C=O) groups is 2. The minimum Gasteiger partial charge on any atom is -0.352 e. The van der Waals surface area contributed by atoms with Gasteiger partial charge < -0.3 is 10.6 Å². The predicted molar refractivity (Wildman–Crippen MR) is 90.2 cm³/mol. The van der Waals surface area contributed by atoms with Gasteiger partial charge in [0.15, 0.2) is 0 Å². The molecule has 2 aromatic rings. The molecule has 5 nitrogen and oxygen atoms in total. The number of fused-ring (bicyclic) bond motifs is 1. The van der Waals surface area contributed by atoms with E-state index >= 15 is 0 Å². The second kappa shape index (κ2) is 6.60. The summed E-state index contributed by atoms with van der Waals surface area (Å²) in [5, 5.41) is 6.42. The molecule has 23 heavy (non-hydrogen) atoms. The zero-order valence-electron chi connectivity index (χ0n) is 13.0. The summed E-state index contributed by atoms with van der Waals surface area (Å²) < 4.78 is 0. The Bertz CT molecular complexity index is 775. The van der Waals surface area contributed by atoms with Crippen molar-refractivity contribution in [3.63, 3.8) is 0 Å². The molecule has 0 spiro atoms. The third-order valence-electron chi connectivity index (χ3n) is 3.93. The standard InChI is InChI=1S/C18H19N3O2/c1-2-19-18(23)14-11-16(20-15-10-6-5-9-13(14)15)21-17(22)12-7-3-4-8-12/h3-6,9-12H,2,7-8H2,1H3,(H,19,23)(H,20,21,22). The quantitative estimate of drug-likeness (QED) is 0.853. The Morgan fingerprint density at radius 2 is 1.96 bits per heavy atom. The van der Waals surface area contributed by atoms with Gasteiger partial charge in [0, 0.05) is 17.8 Å². The second-order valence-electron chi connectivity index (χ2n) is 5.56. The number of allylic oxidation sites excluding steroid dienone is 2. The lowest BCUT2D eigenvalue weighted by Gasteiger charge is -2.13. The molecule has 1 aromatic heterocycles. The summed E-state index contributed by atoms with van der Waals surface area (Å²) in [5.74, 6) is 0.154. The van der Waals surface area contributed by atoms with Gasteiger partial charge >= 0.3 is 0 Å². The number of rotatable bonds is 4. The van der Waals surface area contributed by atoms with Crippen LogP contribution < -0.4 is 10.6 Å². The number of hydrogen-bond donors (Lipinski definition) is 2. The smallest absolute Gasteiger partial charge is 0.252 e. The first-order valence-corrected chi connectivity index (χ1v) is 7.83. The van der Waals surface area contributed by atoms with Gasteiger partial charge in [-0.25, -0.2) is 4.98 Å². The highest BCUT2D eigenvalue weighted by molar-refractivity contribution is 6.07. The van der Waals surface area contributed by atoms with Crippen LogP contribution in [0, 0.1) is 5.92 Å². The lowest BCUT2D eigenvalue weighted by atomic mass is 10.1. The minimum atomic E-state index is -0.163. The molecule has 1 aromatic carbocycles. The number of pyridine rings is 1. The molecule has 2 amide bonds. The average molecular weight is 309 g/mol. The van der Waals surface area contributed by atoms with Crippen molar-refractivity contribution >= 4 is 28.5 Å². The fraction of sp³-hybridized carbons (Fsp3) is 0.278. The van der Waals surface area contributed by atoms with Crippen LogP contribution >= 0.6 is 0 Å². The number of carbonyl (C=O) groups excluding carboxylic acids is 2. The molecule has 0 saturated heterocycles. The zero-order valence-corrected chi connectivity index (χ0v) is 13.0. The van der Waals surface area contributed by atoms with Crippen molar-refractivity contribution in [2.45, 2.75) is 19.8 Å². The van der Waals surface area contributed by atoms with E-state index in [2.05, 4.69) is 15.6 Å². The third kappa shape index (κ3) is 3.23. The van der Waals surface area contributed by atoms with Gasteiger partial charge in [-0.3, -0.25) is 9.59 Å². The van der Waals surface area contributed by atoms with E-state index in [0.717, 1.165) is 18.2 Å². The maximum Gasteiger partial charge on any atom is 0.252 e. The van der Waals surface area contributed by atoms with Gasteiger partial charge in [0.05, 0.1) is 11.1 Å². The van der Waals surface area contributed by atoms with Crippen molar-refractivity contribution in [3.8, 4) is 0 Å². The van der Waals surface area contributed by atoms with Gasteiger partial charge in [0.25, 0.3) is 5.91 Å². The first-order valence-electron chi connectivity index (χ1n) is 7.83. The predicted octanol–water partition coefficient (Wildman–Crippen LogP) is 2.89. The van der Waals surface area contributed by atoms with Gasteiger partial charge in [-0.05, 0) is 31.9 Å². The monoisotopic (exact) mass is 309 g/mol. The van der Waals surface area contributed by atoms with Crippen LogP contribution in [-0.2, 0) is 4.79 Å². The Kier molecular flexibility index (Phi) is 4.37. The van der Waals surface area contributed by atoms with Crippen molar-refractivity contribution in [2.75, 3.05) is 11.9 Å². The molecule has 0 fully saturated rings. The van der Waals surface area contributed by atoms with E-state index in [1.807, 2.05) is 43.3 Å². The summed E-state index contributed by atoms with van der Waals surface area (Å²) in [6.45, 7) is 2.42. The maximum absolute atomic E-state index is 12.3. The highest BCUT2D eigenvalue weighted by atomic mass is 16.2. The molecule has 0 bridgehead atoms. The van der Waals surface area contributed by atoms with Crippen molar-refractivity contribution in [2.24, 2.45) is 5.92 Å². The summed E-state index contributed by atoms with van der Waals surface area (Å²) >= 11 is 0. The van der Waals surface area contributed by atoms with Gasteiger partial charge in [-0.15, -0.1) is 0 Å². The van der Waals surface area contributed by atoms with E-state index in [0.29, 0.717) is 23.4 Å². The first kappa shape index (κ1) is 15.2. The number of nitrogens with one attached hydrogen (secondary N) is 2. The highest BCUT2D eigenvalue weighted by Crippen LogP contribution is 2.23. The van der Waals surface area contributed by atoms with Crippen molar-refractivity contribution < 1.29 is 9.59 Å². The summed E-state index contributed by atoms with van der Waals surface area (Å²) in [7, 11) is 0. The van der Waals surface area contributed by atoms with Crippen molar-refractivity contribution in [1.82, 2.24) is 10.3 Å². The molecule has 0 radical (unpaired) electrons. The molecule has 1 aliphatic rings. The van der Waals surface area contributed by atoms with Crippen LogP contribution in [0.2, 0.25) is 0 Å². The lowest BCUT2D eigenvalue weighted by molar-refractivity contribution is -0.119. The van der Waals surface area contributed by atoms with Crippen LogP contribution in [0.25, 0.3) is 10.9 Å². The van der Waals surface area contributed by atoms with E-state index in [4.69, 9.17) is 0 Å². The van der Waals surface area contributed by atoms with E-state index in [9.17, 15) is 9.59 Å². The molecule has 118 valence electrons. The van der Waals surface area contributed by atoms with E-state index in [-0.39, 0.29) is 17.7 Å². The third-order valence-corrected chi connectivity index (χ3v) is 3.93. The molecule has 0 atom stereocenters. The number of aromatic nitrogens is 1. The molecule has 1 heterocycles. The normalized spacial score (nSPS) is 14.1. The molecule has 5 heteroatoms. The van der Waals surface area contributed by atoms with Gasteiger partial charge in [0.1, 0.15) is 5.82 Å². The highest BCUT2D eigenvalue weighted by Gasteiger charge is 2.20. The zero-order chi connectivity index (χ0) is 16.2. The molecule has 2 N–H and O–H groups in total. The Hall–Kier alpha value is -2.69. The average Bonchev–Trinajstić information content (AvgIpc) is 3.09. The number of para-hydroxylation sites is 1. The Morgan fingerprint density at radius 1 is 1.22 bits per heavy atom. The Balaban J connectivity index is 1.94. The first-order chi connectivity index (χ1) is 11.2. The summed E-state index contributed by atoms with van der Waals surface area (Å²) in [6, 6.07) is 9.08. The minimum absolute atomic E-state index is 0.0452. The molecule has 0 saturated carbocycles. The van der Waals surface area contributed by atoms with Gasteiger partial charge in [0.2, 0.25) is 5.91 Å². The van der Waals surface area contributed by atoms with Crippen molar-refractivity contribution in [1.29, 1.82) is 0 Å². The summed E-state index contributed by atoms with van der Waals surface area (Å²) in [5.41, 5.74) is 1.22. The van der Waals surface area contributed by atoms with E-state index in [1.165, 1.54) is 0 Å². The molecule has 1 aliphatic carbocycles. The fourth-order valence-electron chi connectivity index (χ4n) is 2.74.